The maximum absolute atomic E-state index is 12.1. The molecule has 0 saturated heterocycles. The van der Waals surface area contributed by atoms with Crippen LogP contribution in [0.1, 0.15) is 5.56 Å². The van der Waals surface area contributed by atoms with Gasteiger partial charge in [-0.25, -0.2) is 4.99 Å². The Labute approximate surface area is 113 Å². The number of nitrogens with zero attached hydrogens (tertiary/aromatic N) is 2. The molecule has 0 unspecified atom stereocenters. The van der Waals surface area contributed by atoms with E-state index in [1.54, 1.807) is 13.0 Å². The van der Waals surface area contributed by atoms with Gasteiger partial charge in [0.25, 0.3) is 0 Å². The average molecular weight is 289 g/mol. The zero-order chi connectivity index (χ0) is 15.3. The predicted molar refractivity (Wildman–Crippen MR) is 69.8 cm³/mol. The van der Waals surface area contributed by atoms with Crippen LogP contribution in [0.2, 0.25) is 0 Å². The number of guanidine groups is 2. The summed E-state index contributed by atoms with van der Waals surface area (Å²) in [6, 6.07) is 4.45. The maximum Gasteiger partial charge on any atom is 0.422 e. The first-order chi connectivity index (χ1) is 9.17. The summed E-state index contributed by atoms with van der Waals surface area (Å²) in [6.07, 6.45) is -4.45. The van der Waals surface area contributed by atoms with Gasteiger partial charge in [-0.2, -0.15) is 18.2 Å². The van der Waals surface area contributed by atoms with E-state index in [9.17, 15) is 13.2 Å². The third-order valence-electron chi connectivity index (χ3n) is 1.98. The Bertz CT molecular complexity index is 535. The van der Waals surface area contributed by atoms with Gasteiger partial charge in [-0.3, -0.25) is 0 Å². The zero-order valence-corrected chi connectivity index (χ0v) is 10.6. The van der Waals surface area contributed by atoms with Gasteiger partial charge >= 0.3 is 6.18 Å². The van der Waals surface area contributed by atoms with Gasteiger partial charge in [0.15, 0.2) is 12.6 Å². The number of nitrogens with two attached hydrogens (primary N) is 3. The van der Waals surface area contributed by atoms with Gasteiger partial charge in [0, 0.05) is 0 Å². The van der Waals surface area contributed by atoms with Crippen LogP contribution in [0.25, 0.3) is 0 Å². The van der Waals surface area contributed by atoms with Crippen molar-refractivity contribution >= 4 is 17.6 Å². The highest BCUT2D eigenvalue weighted by Crippen LogP contribution is 2.30. The molecule has 6 N–H and O–H groups in total. The first-order valence-electron chi connectivity index (χ1n) is 5.41. The van der Waals surface area contributed by atoms with Gasteiger partial charge in [0.2, 0.25) is 5.96 Å². The largest absolute Gasteiger partial charge is 0.482 e. The second-order valence-electron chi connectivity index (χ2n) is 3.88. The van der Waals surface area contributed by atoms with Gasteiger partial charge < -0.3 is 21.9 Å². The molecule has 0 aliphatic carbocycles. The summed E-state index contributed by atoms with van der Waals surface area (Å²) in [6.45, 7) is 0.310. The molecule has 6 nitrogen and oxygen atoms in total. The van der Waals surface area contributed by atoms with E-state index < -0.39 is 12.8 Å². The topological polar surface area (TPSA) is 112 Å². The van der Waals surface area contributed by atoms with Crippen molar-refractivity contribution in [2.45, 2.75) is 13.1 Å². The monoisotopic (exact) mass is 289 g/mol. The quantitative estimate of drug-likeness (QED) is 0.572. The molecule has 110 valence electrons. The fraction of sp³-hybridized carbons (Fsp3) is 0.273. The molecule has 0 amide bonds. The molecule has 0 heterocycles. The number of hydrogen-bond acceptors (Lipinski definition) is 2. The van der Waals surface area contributed by atoms with Crippen LogP contribution < -0.4 is 21.9 Å². The van der Waals surface area contributed by atoms with Crippen LogP contribution in [0.5, 0.6) is 5.75 Å². The van der Waals surface area contributed by atoms with E-state index in [1.807, 2.05) is 0 Å². The Morgan fingerprint density at radius 2 is 1.90 bits per heavy atom. The number of aryl methyl sites for hydroxylation is 1. The van der Waals surface area contributed by atoms with Crippen molar-refractivity contribution in [3.8, 4) is 5.75 Å². The molecular weight excluding hydrogens is 275 g/mol. The number of alkyl halides is 3. The minimum atomic E-state index is -4.45. The lowest BCUT2D eigenvalue weighted by atomic mass is 10.2. The molecule has 9 heteroatoms. The summed E-state index contributed by atoms with van der Waals surface area (Å²) < 4.78 is 41.1. The summed E-state index contributed by atoms with van der Waals surface area (Å²) in [5, 5.41) is 0. The zero-order valence-electron chi connectivity index (χ0n) is 10.6. The van der Waals surface area contributed by atoms with Crippen molar-refractivity contribution in [3.63, 3.8) is 0 Å². The van der Waals surface area contributed by atoms with E-state index in [2.05, 4.69) is 14.7 Å². The highest BCUT2D eigenvalue weighted by atomic mass is 19.4. The van der Waals surface area contributed by atoms with E-state index >= 15 is 0 Å². The smallest absolute Gasteiger partial charge is 0.422 e. The number of rotatable bonds is 3. The van der Waals surface area contributed by atoms with Crippen molar-refractivity contribution in [2.24, 2.45) is 27.2 Å². The Morgan fingerprint density at radius 1 is 1.25 bits per heavy atom. The second kappa shape index (κ2) is 6.13. The molecule has 0 aliphatic heterocycles. The molecule has 1 aromatic rings. The number of halogens is 3. The molecule has 1 aromatic carbocycles. The standard InChI is InChI=1S/C11H14F3N5O/c1-6-2-3-8(20-5-11(12,13)14)7(4-6)18-10(17)19-9(15)16/h2-4H,5H2,1H3,(H6,15,16,17,18,19). The molecule has 0 aromatic heterocycles. The van der Waals surface area contributed by atoms with Crippen molar-refractivity contribution in [2.75, 3.05) is 6.61 Å². The van der Waals surface area contributed by atoms with Crippen molar-refractivity contribution in [3.05, 3.63) is 23.8 Å². The minimum absolute atomic E-state index is 0.0679. The molecule has 0 radical (unpaired) electrons. The van der Waals surface area contributed by atoms with Crippen molar-refractivity contribution in [1.82, 2.24) is 0 Å². The fourth-order valence-electron chi connectivity index (χ4n) is 1.28. The Morgan fingerprint density at radius 3 is 2.45 bits per heavy atom. The Hall–Kier alpha value is -2.45. The molecule has 0 atom stereocenters. The lowest BCUT2D eigenvalue weighted by Gasteiger charge is -2.11. The van der Waals surface area contributed by atoms with Crippen molar-refractivity contribution < 1.29 is 17.9 Å². The van der Waals surface area contributed by atoms with Crippen LogP contribution >= 0.6 is 0 Å². The highest BCUT2D eigenvalue weighted by molar-refractivity contribution is 5.93. The van der Waals surface area contributed by atoms with Crippen LogP contribution in [-0.4, -0.2) is 24.7 Å². The lowest BCUT2D eigenvalue weighted by Crippen LogP contribution is -2.26. The van der Waals surface area contributed by atoms with E-state index in [-0.39, 0.29) is 23.4 Å². The molecule has 0 bridgehead atoms. The fourth-order valence-corrected chi connectivity index (χ4v) is 1.28. The normalized spacial score (nSPS) is 12.1. The molecule has 0 fully saturated rings. The number of benzene rings is 1. The van der Waals surface area contributed by atoms with Gasteiger partial charge in [-0.15, -0.1) is 0 Å². The van der Waals surface area contributed by atoms with Gasteiger partial charge in [-0.05, 0) is 24.6 Å². The average Bonchev–Trinajstić information content (AvgIpc) is 2.25. The number of hydrogen-bond donors (Lipinski definition) is 3. The van der Waals surface area contributed by atoms with Crippen LogP contribution in [-0.2, 0) is 0 Å². The molecule has 1 rings (SSSR count). The third kappa shape index (κ3) is 5.46. The highest BCUT2D eigenvalue weighted by Gasteiger charge is 2.28. The van der Waals surface area contributed by atoms with Crippen molar-refractivity contribution in [1.29, 1.82) is 0 Å². The van der Waals surface area contributed by atoms with E-state index in [0.29, 0.717) is 0 Å². The minimum Gasteiger partial charge on any atom is -0.482 e. The first kappa shape index (κ1) is 15.6. The summed E-state index contributed by atoms with van der Waals surface area (Å²) in [5.74, 6) is -0.661. The first-order valence-corrected chi connectivity index (χ1v) is 5.41. The lowest BCUT2D eigenvalue weighted by molar-refractivity contribution is -0.153. The van der Waals surface area contributed by atoms with Crippen LogP contribution in [0.3, 0.4) is 0 Å². The Balaban J connectivity index is 3.05. The molecule has 0 aliphatic rings. The van der Waals surface area contributed by atoms with E-state index in [4.69, 9.17) is 17.2 Å². The van der Waals surface area contributed by atoms with Gasteiger partial charge in [0.05, 0.1) is 0 Å². The summed E-state index contributed by atoms with van der Waals surface area (Å²) in [5.41, 5.74) is 16.5. The third-order valence-corrected chi connectivity index (χ3v) is 1.98. The molecule has 0 saturated carbocycles. The van der Waals surface area contributed by atoms with Crippen LogP contribution in [0.15, 0.2) is 28.2 Å². The summed E-state index contributed by atoms with van der Waals surface area (Å²) in [7, 11) is 0. The van der Waals surface area contributed by atoms with E-state index in [0.717, 1.165) is 5.56 Å². The van der Waals surface area contributed by atoms with Crippen LogP contribution in [0.4, 0.5) is 18.9 Å². The van der Waals surface area contributed by atoms with Gasteiger partial charge in [-0.1, -0.05) is 6.07 Å². The second-order valence-corrected chi connectivity index (χ2v) is 3.88. The number of ether oxygens (including phenoxy) is 1. The molecule has 20 heavy (non-hydrogen) atoms. The predicted octanol–water partition coefficient (Wildman–Crippen LogP) is 1.16. The summed E-state index contributed by atoms with van der Waals surface area (Å²) in [4.78, 5) is 7.29. The van der Waals surface area contributed by atoms with E-state index in [1.165, 1.54) is 12.1 Å². The molecular formula is C11H14F3N5O. The SMILES string of the molecule is Cc1ccc(OCC(F)(F)F)c(N=C(N)N=C(N)N)c1. The van der Waals surface area contributed by atoms with Crippen LogP contribution in [0, 0.1) is 6.92 Å². The number of aliphatic imine (C=N–C) groups is 2. The maximum atomic E-state index is 12.1. The molecule has 0 spiro atoms. The van der Waals surface area contributed by atoms with Gasteiger partial charge in [0.1, 0.15) is 11.4 Å². The summed E-state index contributed by atoms with van der Waals surface area (Å²) >= 11 is 0. The Kier molecular flexibility index (Phi) is 4.78.